The summed E-state index contributed by atoms with van der Waals surface area (Å²) in [5.74, 6) is 0.880. The number of fused-ring (bicyclic) bond motifs is 1. The standard InChI is InChI=1S/C15H21N3/c1-11-6-7-13(9-11)16-10-14-12(2)17-15-5-3-4-8-18(14)15/h3-5,8,11,13,16H,6-7,9-10H2,1-2H3. The third kappa shape index (κ3) is 2.15. The summed E-state index contributed by atoms with van der Waals surface area (Å²) in [5, 5.41) is 3.69. The average molecular weight is 243 g/mol. The number of pyridine rings is 1. The summed E-state index contributed by atoms with van der Waals surface area (Å²) in [6, 6.07) is 6.86. The first-order valence-electron chi connectivity index (χ1n) is 6.90. The van der Waals surface area contributed by atoms with Gasteiger partial charge in [-0.2, -0.15) is 0 Å². The summed E-state index contributed by atoms with van der Waals surface area (Å²) in [6.07, 6.45) is 6.10. The Morgan fingerprint density at radius 1 is 1.39 bits per heavy atom. The number of rotatable bonds is 3. The lowest BCUT2D eigenvalue weighted by atomic mass is 10.1. The first-order chi connectivity index (χ1) is 8.74. The number of imidazole rings is 1. The smallest absolute Gasteiger partial charge is 0.137 e. The van der Waals surface area contributed by atoms with Gasteiger partial charge in [-0.25, -0.2) is 4.98 Å². The van der Waals surface area contributed by atoms with E-state index in [2.05, 4.69) is 46.9 Å². The summed E-state index contributed by atoms with van der Waals surface area (Å²) in [4.78, 5) is 4.60. The molecule has 96 valence electrons. The van der Waals surface area contributed by atoms with E-state index in [9.17, 15) is 0 Å². The second-order valence-corrected chi connectivity index (χ2v) is 5.57. The zero-order chi connectivity index (χ0) is 12.5. The molecule has 1 N–H and O–H groups in total. The average Bonchev–Trinajstić information content (AvgIpc) is 2.90. The van der Waals surface area contributed by atoms with E-state index in [1.54, 1.807) is 0 Å². The van der Waals surface area contributed by atoms with E-state index in [-0.39, 0.29) is 0 Å². The van der Waals surface area contributed by atoms with Crippen molar-refractivity contribution in [3.05, 3.63) is 35.8 Å². The Labute approximate surface area is 108 Å². The molecule has 1 aliphatic rings. The fraction of sp³-hybridized carbons (Fsp3) is 0.533. The van der Waals surface area contributed by atoms with Gasteiger partial charge in [0.15, 0.2) is 0 Å². The molecule has 2 aromatic heterocycles. The number of aryl methyl sites for hydroxylation is 1. The van der Waals surface area contributed by atoms with Gasteiger partial charge in [0.25, 0.3) is 0 Å². The fourth-order valence-corrected chi connectivity index (χ4v) is 3.01. The number of nitrogens with zero attached hydrogens (tertiary/aromatic N) is 2. The molecule has 3 nitrogen and oxygen atoms in total. The van der Waals surface area contributed by atoms with Crippen molar-refractivity contribution in [2.24, 2.45) is 5.92 Å². The van der Waals surface area contributed by atoms with E-state index in [1.807, 2.05) is 6.07 Å². The summed E-state index contributed by atoms with van der Waals surface area (Å²) in [5.41, 5.74) is 3.48. The van der Waals surface area contributed by atoms with Crippen molar-refractivity contribution in [2.75, 3.05) is 0 Å². The molecular formula is C15H21N3. The number of hydrogen-bond acceptors (Lipinski definition) is 2. The topological polar surface area (TPSA) is 29.3 Å². The zero-order valence-corrected chi connectivity index (χ0v) is 11.2. The predicted molar refractivity (Wildman–Crippen MR) is 73.6 cm³/mol. The quantitative estimate of drug-likeness (QED) is 0.898. The van der Waals surface area contributed by atoms with E-state index in [4.69, 9.17) is 0 Å². The number of hydrogen-bond donors (Lipinski definition) is 1. The molecule has 0 spiro atoms. The minimum atomic E-state index is 0.689. The van der Waals surface area contributed by atoms with Crippen LogP contribution in [0.3, 0.4) is 0 Å². The van der Waals surface area contributed by atoms with Crippen LogP contribution < -0.4 is 5.32 Å². The molecule has 1 aliphatic carbocycles. The highest BCUT2D eigenvalue weighted by Gasteiger charge is 2.21. The Hall–Kier alpha value is -1.35. The van der Waals surface area contributed by atoms with Crippen molar-refractivity contribution < 1.29 is 0 Å². The van der Waals surface area contributed by atoms with E-state index in [0.717, 1.165) is 23.8 Å². The molecule has 2 aromatic rings. The predicted octanol–water partition coefficient (Wildman–Crippen LogP) is 2.92. The number of nitrogens with one attached hydrogen (secondary N) is 1. The van der Waals surface area contributed by atoms with Crippen LogP contribution in [0.5, 0.6) is 0 Å². The maximum atomic E-state index is 4.60. The van der Waals surface area contributed by atoms with Crippen molar-refractivity contribution in [3.8, 4) is 0 Å². The van der Waals surface area contributed by atoms with Crippen LogP contribution in [0, 0.1) is 12.8 Å². The molecule has 3 rings (SSSR count). The van der Waals surface area contributed by atoms with Crippen LogP contribution in [0.2, 0.25) is 0 Å². The molecule has 0 aliphatic heterocycles. The van der Waals surface area contributed by atoms with Gasteiger partial charge in [-0.1, -0.05) is 13.0 Å². The summed E-state index contributed by atoms with van der Waals surface area (Å²) >= 11 is 0. The largest absolute Gasteiger partial charge is 0.308 e. The first-order valence-corrected chi connectivity index (χ1v) is 6.90. The molecule has 0 bridgehead atoms. The highest BCUT2D eigenvalue weighted by atomic mass is 15.0. The van der Waals surface area contributed by atoms with Gasteiger partial charge < -0.3 is 9.72 Å². The van der Waals surface area contributed by atoms with Gasteiger partial charge in [-0.3, -0.25) is 0 Å². The lowest BCUT2D eigenvalue weighted by molar-refractivity contribution is 0.497. The Bertz CT molecular complexity index is 544. The van der Waals surface area contributed by atoms with Crippen LogP contribution in [0.15, 0.2) is 24.4 Å². The van der Waals surface area contributed by atoms with E-state index < -0.39 is 0 Å². The normalized spacial score (nSPS) is 23.9. The van der Waals surface area contributed by atoms with Gasteiger partial charge in [0.1, 0.15) is 5.65 Å². The third-order valence-corrected chi connectivity index (χ3v) is 4.08. The third-order valence-electron chi connectivity index (χ3n) is 4.08. The lowest BCUT2D eigenvalue weighted by Crippen LogP contribution is -2.26. The van der Waals surface area contributed by atoms with Crippen molar-refractivity contribution in [1.29, 1.82) is 0 Å². The minimum Gasteiger partial charge on any atom is -0.308 e. The number of aromatic nitrogens is 2. The summed E-state index contributed by atoms with van der Waals surface area (Å²) in [6.45, 7) is 5.37. The minimum absolute atomic E-state index is 0.689. The van der Waals surface area contributed by atoms with Gasteiger partial charge >= 0.3 is 0 Å². The highest BCUT2D eigenvalue weighted by Crippen LogP contribution is 2.25. The fourth-order valence-electron chi connectivity index (χ4n) is 3.01. The molecule has 3 heteroatoms. The SMILES string of the molecule is Cc1nc2ccccn2c1CNC1CCC(C)C1. The van der Waals surface area contributed by atoms with Crippen LogP contribution in [0.4, 0.5) is 0 Å². The Morgan fingerprint density at radius 2 is 2.28 bits per heavy atom. The van der Waals surface area contributed by atoms with Gasteiger partial charge in [0.2, 0.25) is 0 Å². The van der Waals surface area contributed by atoms with Crippen LogP contribution in [-0.2, 0) is 6.54 Å². The Balaban J connectivity index is 1.76. The molecule has 18 heavy (non-hydrogen) atoms. The maximum absolute atomic E-state index is 4.60. The van der Waals surface area contributed by atoms with Gasteiger partial charge in [-0.05, 0) is 44.2 Å². The van der Waals surface area contributed by atoms with Crippen LogP contribution >= 0.6 is 0 Å². The lowest BCUT2D eigenvalue weighted by Gasteiger charge is -2.12. The van der Waals surface area contributed by atoms with Crippen molar-refractivity contribution in [2.45, 2.75) is 45.7 Å². The molecule has 0 amide bonds. The van der Waals surface area contributed by atoms with E-state index in [0.29, 0.717) is 6.04 Å². The molecule has 2 atom stereocenters. The van der Waals surface area contributed by atoms with Crippen LogP contribution in [0.25, 0.3) is 5.65 Å². The molecule has 2 unspecified atom stereocenters. The van der Waals surface area contributed by atoms with Crippen LogP contribution in [-0.4, -0.2) is 15.4 Å². The molecule has 0 saturated heterocycles. The molecule has 0 aromatic carbocycles. The maximum Gasteiger partial charge on any atom is 0.137 e. The van der Waals surface area contributed by atoms with Gasteiger partial charge in [0, 0.05) is 18.8 Å². The van der Waals surface area contributed by atoms with Gasteiger partial charge in [-0.15, -0.1) is 0 Å². The second-order valence-electron chi connectivity index (χ2n) is 5.57. The van der Waals surface area contributed by atoms with Crippen molar-refractivity contribution in [1.82, 2.24) is 14.7 Å². The van der Waals surface area contributed by atoms with E-state index >= 15 is 0 Å². The molecule has 1 fully saturated rings. The summed E-state index contributed by atoms with van der Waals surface area (Å²) < 4.78 is 2.20. The van der Waals surface area contributed by atoms with Gasteiger partial charge in [0.05, 0.1) is 11.4 Å². The van der Waals surface area contributed by atoms with Crippen LogP contribution in [0.1, 0.15) is 37.6 Å². The Kier molecular flexibility index (Phi) is 3.08. The molecule has 0 radical (unpaired) electrons. The molecule has 1 saturated carbocycles. The Morgan fingerprint density at radius 3 is 3.06 bits per heavy atom. The first kappa shape index (κ1) is 11.7. The zero-order valence-electron chi connectivity index (χ0n) is 11.2. The highest BCUT2D eigenvalue weighted by molar-refractivity contribution is 5.42. The molecular weight excluding hydrogens is 222 g/mol. The molecule has 2 heterocycles. The monoisotopic (exact) mass is 243 g/mol. The van der Waals surface area contributed by atoms with E-state index in [1.165, 1.54) is 25.0 Å². The van der Waals surface area contributed by atoms with Crippen molar-refractivity contribution >= 4 is 5.65 Å². The second kappa shape index (κ2) is 4.73. The van der Waals surface area contributed by atoms with Crippen molar-refractivity contribution in [3.63, 3.8) is 0 Å². The summed E-state index contributed by atoms with van der Waals surface area (Å²) in [7, 11) is 0.